The molecule has 1 aromatic carbocycles. The summed E-state index contributed by atoms with van der Waals surface area (Å²) in [6.07, 6.45) is 2.10. The van der Waals surface area contributed by atoms with Crippen molar-refractivity contribution in [2.45, 2.75) is 45.2 Å². The van der Waals surface area contributed by atoms with Crippen molar-refractivity contribution in [2.24, 2.45) is 0 Å². The number of amides is 1. The van der Waals surface area contributed by atoms with Gasteiger partial charge >= 0.3 is 0 Å². The van der Waals surface area contributed by atoms with Gasteiger partial charge in [-0.2, -0.15) is 5.10 Å². The van der Waals surface area contributed by atoms with Crippen LogP contribution in [0, 0.1) is 5.82 Å². The monoisotopic (exact) mass is 381 g/mol. The molecule has 0 saturated carbocycles. The molecule has 3 aromatic rings. The maximum absolute atomic E-state index is 13.1. The summed E-state index contributed by atoms with van der Waals surface area (Å²) in [6.45, 7) is 4.84. The lowest BCUT2D eigenvalue weighted by Gasteiger charge is -2.24. The third-order valence-electron chi connectivity index (χ3n) is 5.05. The van der Waals surface area contributed by atoms with Gasteiger partial charge in [0.15, 0.2) is 11.5 Å². The zero-order chi connectivity index (χ0) is 19.7. The van der Waals surface area contributed by atoms with Crippen molar-refractivity contribution in [3.05, 3.63) is 53.5 Å². The Hall–Kier alpha value is -2.96. The summed E-state index contributed by atoms with van der Waals surface area (Å²) in [5.41, 5.74) is 2.41. The average molecular weight is 381 g/mol. The number of nitrogens with one attached hydrogen (secondary N) is 2. The fraction of sp³-hybridized carbons (Fsp3) is 0.381. The summed E-state index contributed by atoms with van der Waals surface area (Å²) >= 11 is 0. The van der Waals surface area contributed by atoms with Crippen LogP contribution < -0.4 is 5.32 Å². The van der Waals surface area contributed by atoms with Gasteiger partial charge in [-0.25, -0.2) is 9.37 Å². The molecule has 2 N–H and O–H groups in total. The van der Waals surface area contributed by atoms with Crippen molar-refractivity contribution >= 4 is 22.8 Å². The lowest BCUT2D eigenvalue weighted by atomic mass is 10.1. The number of aromatic nitrogens is 3. The van der Waals surface area contributed by atoms with Crippen molar-refractivity contribution in [1.82, 2.24) is 20.1 Å². The van der Waals surface area contributed by atoms with Crippen molar-refractivity contribution < 1.29 is 9.18 Å². The van der Waals surface area contributed by atoms with Crippen LogP contribution >= 0.6 is 0 Å². The summed E-state index contributed by atoms with van der Waals surface area (Å²) in [7, 11) is 0. The first kappa shape index (κ1) is 18.4. The molecule has 1 atom stereocenters. The molecule has 7 heteroatoms. The van der Waals surface area contributed by atoms with Gasteiger partial charge in [0.05, 0.1) is 23.5 Å². The van der Waals surface area contributed by atoms with E-state index in [1.54, 1.807) is 12.1 Å². The van der Waals surface area contributed by atoms with Crippen LogP contribution in [0.4, 0.5) is 10.2 Å². The van der Waals surface area contributed by atoms with E-state index in [0.29, 0.717) is 6.54 Å². The number of nitrogens with zero attached hydrogens (tertiary/aromatic N) is 3. The van der Waals surface area contributed by atoms with Gasteiger partial charge in [0, 0.05) is 12.6 Å². The molecule has 0 aliphatic carbocycles. The van der Waals surface area contributed by atoms with E-state index in [9.17, 15) is 9.18 Å². The van der Waals surface area contributed by atoms with E-state index in [2.05, 4.69) is 29.4 Å². The van der Waals surface area contributed by atoms with Crippen LogP contribution in [-0.2, 0) is 11.2 Å². The molecular weight excluding hydrogens is 357 g/mol. The number of halogens is 1. The van der Waals surface area contributed by atoms with E-state index in [1.807, 2.05) is 17.0 Å². The maximum atomic E-state index is 13.1. The van der Waals surface area contributed by atoms with Gasteiger partial charge in [-0.3, -0.25) is 9.89 Å². The predicted octanol–water partition coefficient (Wildman–Crippen LogP) is 3.82. The van der Waals surface area contributed by atoms with E-state index in [-0.39, 0.29) is 30.2 Å². The van der Waals surface area contributed by atoms with Gasteiger partial charge in [-0.1, -0.05) is 12.1 Å². The highest BCUT2D eigenvalue weighted by atomic mass is 19.1. The molecule has 0 radical (unpaired) electrons. The van der Waals surface area contributed by atoms with Gasteiger partial charge in [0.25, 0.3) is 0 Å². The highest BCUT2D eigenvalue weighted by Crippen LogP contribution is 2.33. The van der Waals surface area contributed by atoms with Crippen LogP contribution in [0.3, 0.4) is 0 Å². The highest BCUT2D eigenvalue weighted by Gasteiger charge is 2.31. The minimum Gasteiger partial charge on any atom is -0.366 e. The van der Waals surface area contributed by atoms with Gasteiger partial charge in [-0.05, 0) is 56.5 Å². The second kappa shape index (κ2) is 7.58. The molecule has 1 fully saturated rings. The average Bonchev–Trinajstić information content (AvgIpc) is 3.30. The Morgan fingerprint density at radius 2 is 2.07 bits per heavy atom. The standard InChI is InChI=1S/C21H24FN5O/c1-13(2)23-20-16-9-10-17(24-21(16)26-25-20)18-4-3-11-27(18)19(28)12-14-5-7-15(22)8-6-14/h5-10,13,18H,3-4,11-12H2,1-2H3,(H2,23,24,25,26). The van der Waals surface area contributed by atoms with Crippen molar-refractivity contribution in [2.75, 3.05) is 11.9 Å². The number of rotatable bonds is 5. The molecule has 1 unspecified atom stereocenters. The van der Waals surface area contributed by atoms with Crippen LogP contribution in [0.1, 0.15) is 44.0 Å². The number of benzene rings is 1. The Bertz CT molecular complexity index is 982. The zero-order valence-electron chi connectivity index (χ0n) is 16.1. The van der Waals surface area contributed by atoms with Crippen molar-refractivity contribution in [3.63, 3.8) is 0 Å². The fourth-order valence-corrected chi connectivity index (χ4v) is 3.74. The van der Waals surface area contributed by atoms with Crippen LogP contribution in [0.25, 0.3) is 11.0 Å². The van der Waals surface area contributed by atoms with Gasteiger partial charge < -0.3 is 10.2 Å². The SMILES string of the molecule is CC(C)Nc1n[nH]c2nc(C3CCCN3C(=O)Cc3ccc(F)cc3)ccc12. The molecule has 0 spiro atoms. The number of carbonyl (C=O) groups is 1. The molecule has 2 aromatic heterocycles. The molecule has 1 aliphatic rings. The van der Waals surface area contributed by atoms with E-state index in [0.717, 1.165) is 41.0 Å². The normalized spacial score (nSPS) is 16.9. The maximum Gasteiger partial charge on any atom is 0.227 e. The number of likely N-dealkylation sites (tertiary alicyclic amines) is 1. The van der Waals surface area contributed by atoms with E-state index < -0.39 is 0 Å². The number of hydrogen-bond donors (Lipinski definition) is 2. The third-order valence-corrected chi connectivity index (χ3v) is 5.05. The lowest BCUT2D eigenvalue weighted by molar-refractivity contribution is -0.131. The van der Waals surface area contributed by atoms with Gasteiger partial charge in [-0.15, -0.1) is 0 Å². The molecule has 1 amide bonds. The molecule has 1 aliphatic heterocycles. The Kier molecular flexibility index (Phi) is 4.98. The lowest BCUT2D eigenvalue weighted by Crippen LogP contribution is -2.32. The minimum atomic E-state index is -0.293. The van der Waals surface area contributed by atoms with Gasteiger partial charge in [0.1, 0.15) is 5.82 Å². The van der Waals surface area contributed by atoms with E-state index in [1.165, 1.54) is 12.1 Å². The first-order valence-corrected chi connectivity index (χ1v) is 9.67. The largest absolute Gasteiger partial charge is 0.366 e. The van der Waals surface area contributed by atoms with Crippen molar-refractivity contribution in [3.8, 4) is 0 Å². The van der Waals surface area contributed by atoms with Crippen LogP contribution in [0.2, 0.25) is 0 Å². The summed E-state index contributed by atoms with van der Waals surface area (Å²) < 4.78 is 13.1. The molecule has 1 saturated heterocycles. The minimum absolute atomic E-state index is 0.0397. The highest BCUT2D eigenvalue weighted by molar-refractivity contribution is 5.87. The number of pyridine rings is 1. The number of aromatic amines is 1. The molecule has 4 rings (SSSR count). The van der Waals surface area contributed by atoms with Crippen LogP contribution in [-0.4, -0.2) is 38.6 Å². The first-order valence-electron chi connectivity index (χ1n) is 9.67. The topological polar surface area (TPSA) is 73.9 Å². The predicted molar refractivity (Wildman–Crippen MR) is 106 cm³/mol. The smallest absolute Gasteiger partial charge is 0.227 e. The molecule has 6 nitrogen and oxygen atoms in total. The number of anilines is 1. The molecule has 0 bridgehead atoms. The van der Waals surface area contributed by atoms with Crippen molar-refractivity contribution in [1.29, 1.82) is 0 Å². The molecule has 28 heavy (non-hydrogen) atoms. The number of hydrogen-bond acceptors (Lipinski definition) is 4. The quantitative estimate of drug-likeness (QED) is 0.705. The molecule has 146 valence electrons. The van der Waals surface area contributed by atoms with Gasteiger partial charge in [0.2, 0.25) is 5.91 Å². The zero-order valence-corrected chi connectivity index (χ0v) is 16.1. The third kappa shape index (κ3) is 3.69. The molecule has 3 heterocycles. The number of carbonyl (C=O) groups excluding carboxylic acids is 1. The Labute approximate surface area is 163 Å². The summed E-state index contributed by atoms with van der Waals surface area (Å²) in [6, 6.07) is 10.3. The number of fused-ring (bicyclic) bond motifs is 1. The summed E-state index contributed by atoms with van der Waals surface area (Å²) in [5, 5.41) is 11.5. The second-order valence-electron chi connectivity index (χ2n) is 7.55. The van der Waals surface area contributed by atoms with Crippen LogP contribution in [0.15, 0.2) is 36.4 Å². The first-order chi connectivity index (χ1) is 13.5. The molecular formula is C21H24FN5O. The summed E-state index contributed by atoms with van der Waals surface area (Å²) in [5.74, 6) is 0.543. The van der Waals surface area contributed by atoms with E-state index in [4.69, 9.17) is 4.98 Å². The van der Waals surface area contributed by atoms with E-state index >= 15 is 0 Å². The van der Waals surface area contributed by atoms with Crippen LogP contribution in [0.5, 0.6) is 0 Å². The summed E-state index contributed by atoms with van der Waals surface area (Å²) in [4.78, 5) is 19.5. The number of H-pyrrole nitrogens is 1. The Morgan fingerprint density at radius 3 is 2.82 bits per heavy atom. The second-order valence-corrected chi connectivity index (χ2v) is 7.55. The Morgan fingerprint density at radius 1 is 1.29 bits per heavy atom. The fourth-order valence-electron chi connectivity index (χ4n) is 3.74. The Balaban J connectivity index is 1.54.